The molecule has 2 rings (SSSR count). The normalized spacial score (nSPS) is 10.1. The summed E-state index contributed by atoms with van der Waals surface area (Å²) in [6.07, 6.45) is 0. The molecule has 94 valence electrons. The Morgan fingerprint density at radius 3 is 2.61 bits per heavy atom. The van der Waals surface area contributed by atoms with Gasteiger partial charge in [0.2, 0.25) is 0 Å². The van der Waals surface area contributed by atoms with Gasteiger partial charge >= 0.3 is 0 Å². The lowest BCUT2D eigenvalue weighted by Gasteiger charge is -2.11. The summed E-state index contributed by atoms with van der Waals surface area (Å²) in [5.74, 6) is 1.80. The number of rotatable bonds is 4. The molecule has 0 saturated heterocycles. The van der Waals surface area contributed by atoms with Gasteiger partial charge in [0.25, 0.3) is 0 Å². The van der Waals surface area contributed by atoms with Crippen LogP contribution in [0, 0.1) is 6.92 Å². The van der Waals surface area contributed by atoms with E-state index in [1.165, 1.54) is 0 Å². The third-order valence-electron chi connectivity index (χ3n) is 2.60. The van der Waals surface area contributed by atoms with E-state index in [2.05, 4.69) is 4.98 Å². The second kappa shape index (κ2) is 5.40. The van der Waals surface area contributed by atoms with Gasteiger partial charge in [0.05, 0.1) is 7.11 Å². The molecule has 0 fully saturated rings. The topological polar surface area (TPSA) is 57.4 Å². The van der Waals surface area contributed by atoms with Crippen LogP contribution in [0.25, 0.3) is 0 Å². The van der Waals surface area contributed by atoms with Crippen LogP contribution in [0.4, 0.5) is 5.82 Å². The van der Waals surface area contributed by atoms with E-state index < -0.39 is 0 Å². The Morgan fingerprint density at radius 1 is 1.11 bits per heavy atom. The monoisotopic (exact) mass is 244 g/mol. The number of ether oxygens (including phenoxy) is 2. The molecule has 0 saturated carbocycles. The number of nitrogens with zero attached hydrogens (tertiary/aromatic N) is 1. The zero-order valence-electron chi connectivity index (χ0n) is 10.5. The molecule has 0 atom stereocenters. The smallest absolute Gasteiger partial charge is 0.166 e. The molecular weight excluding hydrogens is 228 g/mol. The highest BCUT2D eigenvalue weighted by atomic mass is 16.5. The summed E-state index contributed by atoms with van der Waals surface area (Å²) in [4.78, 5) is 4.15. The highest BCUT2D eigenvalue weighted by Gasteiger charge is 2.05. The second-order valence-electron chi connectivity index (χ2n) is 3.94. The summed E-state index contributed by atoms with van der Waals surface area (Å²) in [5, 5.41) is 0. The van der Waals surface area contributed by atoms with Crippen LogP contribution in [0.1, 0.15) is 11.3 Å². The van der Waals surface area contributed by atoms with Gasteiger partial charge in [0.1, 0.15) is 12.4 Å². The molecule has 0 aliphatic carbocycles. The number of hydrogen-bond donors (Lipinski definition) is 1. The van der Waals surface area contributed by atoms with Crippen LogP contribution in [0.15, 0.2) is 36.4 Å². The van der Waals surface area contributed by atoms with Crippen molar-refractivity contribution < 1.29 is 9.47 Å². The average Bonchev–Trinajstić information content (AvgIpc) is 2.38. The van der Waals surface area contributed by atoms with Gasteiger partial charge in [0.15, 0.2) is 11.6 Å². The van der Waals surface area contributed by atoms with Crippen molar-refractivity contribution in [2.75, 3.05) is 12.8 Å². The van der Waals surface area contributed by atoms with Crippen molar-refractivity contribution in [1.82, 2.24) is 4.98 Å². The minimum absolute atomic E-state index is 0.402. The molecule has 1 aromatic carbocycles. The number of anilines is 1. The van der Waals surface area contributed by atoms with Crippen LogP contribution >= 0.6 is 0 Å². The molecule has 2 N–H and O–H groups in total. The first kappa shape index (κ1) is 12.2. The summed E-state index contributed by atoms with van der Waals surface area (Å²) in [6.45, 7) is 2.29. The Morgan fingerprint density at radius 2 is 1.89 bits per heavy atom. The highest BCUT2D eigenvalue weighted by molar-refractivity contribution is 5.46. The zero-order chi connectivity index (χ0) is 13.0. The standard InChI is InChI=1S/C14H16N2O2/c1-10-7-8-13(14(15)16-10)18-9-11-5-3-4-6-12(11)17-2/h3-8H,9H2,1-2H3,(H2,15,16). The van der Waals surface area contributed by atoms with Crippen LogP contribution in [0.2, 0.25) is 0 Å². The molecule has 0 radical (unpaired) electrons. The third kappa shape index (κ3) is 2.71. The van der Waals surface area contributed by atoms with Gasteiger partial charge in [-0.3, -0.25) is 0 Å². The number of nitrogen functional groups attached to an aromatic ring is 1. The summed E-state index contributed by atoms with van der Waals surface area (Å²) in [5.41, 5.74) is 7.63. The van der Waals surface area contributed by atoms with Crippen molar-refractivity contribution in [3.05, 3.63) is 47.7 Å². The predicted molar refractivity (Wildman–Crippen MR) is 70.7 cm³/mol. The van der Waals surface area contributed by atoms with Crippen molar-refractivity contribution in [2.24, 2.45) is 0 Å². The highest BCUT2D eigenvalue weighted by Crippen LogP contribution is 2.23. The van der Waals surface area contributed by atoms with Gasteiger partial charge in [-0.15, -0.1) is 0 Å². The maximum atomic E-state index is 5.79. The number of para-hydroxylation sites is 1. The third-order valence-corrected chi connectivity index (χ3v) is 2.60. The number of hydrogen-bond acceptors (Lipinski definition) is 4. The number of methoxy groups -OCH3 is 1. The van der Waals surface area contributed by atoms with Gasteiger partial charge in [-0.2, -0.15) is 0 Å². The first-order chi connectivity index (χ1) is 8.70. The van der Waals surface area contributed by atoms with Gasteiger partial charge in [-0.25, -0.2) is 4.98 Å². The quantitative estimate of drug-likeness (QED) is 0.898. The zero-order valence-corrected chi connectivity index (χ0v) is 10.5. The lowest BCUT2D eigenvalue weighted by Crippen LogP contribution is -2.02. The Kier molecular flexibility index (Phi) is 3.67. The molecule has 2 aromatic rings. The Labute approximate surface area is 106 Å². The number of aromatic nitrogens is 1. The molecule has 4 heteroatoms. The van der Waals surface area contributed by atoms with Gasteiger partial charge in [0, 0.05) is 11.3 Å². The van der Waals surface area contributed by atoms with E-state index >= 15 is 0 Å². The van der Waals surface area contributed by atoms with E-state index in [0.717, 1.165) is 17.0 Å². The molecule has 0 spiro atoms. The molecule has 1 heterocycles. The fourth-order valence-electron chi connectivity index (χ4n) is 1.66. The number of nitrogens with two attached hydrogens (primary N) is 1. The number of pyridine rings is 1. The van der Waals surface area contributed by atoms with E-state index in [1.54, 1.807) is 7.11 Å². The van der Waals surface area contributed by atoms with E-state index in [-0.39, 0.29) is 0 Å². The molecule has 0 amide bonds. The number of benzene rings is 1. The average molecular weight is 244 g/mol. The van der Waals surface area contributed by atoms with Crippen LogP contribution in [0.5, 0.6) is 11.5 Å². The van der Waals surface area contributed by atoms with Gasteiger partial charge < -0.3 is 15.2 Å². The molecule has 4 nitrogen and oxygen atoms in total. The first-order valence-electron chi connectivity index (χ1n) is 5.68. The van der Waals surface area contributed by atoms with Crippen LogP contribution in [-0.2, 0) is 6.61 Å². The molecule has 0 bridgehead atoms. The van der Waals surface area contributed by atoms with Gasteiger partial charge in [-0.1, -0.05) is 18.2 Å². The Bertz CT molecular complexity index is 541. The summed E-state index contributed by atoms with van der Waals surface area (Å²) in [6, 6.07) is 11.4. The summed E-state index contributed by atoms with van der Waals surface area (Å²) < 4.78 is 10.9. The van der Waals surface area contributed by atoms with E-state index in [9.17, 15) is 0 Å². The van der Waals surface area contributed by atoms with Crippen molar-refractivity contribution in [3.8, 4) is 11.5 Å². The number of aryl methyl sites for hydroxylation is 1. The minimum atomic E-state index is 0.402. The van der Waals surface area contributed by atoms with E-state index in [1.807, 2.05) is 43.3 Å². The maximum absolute atomic E-state index is 5.79. The lowest BCUT2D eigenvalue weighted by atomic mass is 10.2. The second-order valence-corrected chi connectivity index (χ2v) is 3.94. The van der Waals surface area contributed by atoms with E-state index in [0.29, 0.717) is 18.2 Å². The van der Waals surface area contributed by atoms with Crippen molar-refractivity contribution in [1.29, 1.82) is 0 Å². The van der Waals surface area contributed by atoms with Gasteiger partial charge in [-0.05, 0) is 25.1 Å². The molecule has 1 aromatic heterocycles. The maximum Gasteiger partial charge on any atom is 0.166 e. The van der Waals surface area contributed by atoms with E-state index in [4.69, 9.17) is 15.2 Å². The van der Waals surface area contributed by atoms with Crippen molar-refractivity contribution in [3.63, 3.8) is 0 Å². The molecular formula is C14H16N2O2. The molecule has 0 aliphatic heterocycles. The molecule has 18 heavy (non-hydrogen) atoms. The predicted octanol–water partition coefficient (Wildman–Crippen LogP) is 2.56. The summed E-state index contributed by atoms with van der Waals surface area (Å²) in [7, 11) is 1.64. The fourth-order valence-corrected chi connectivity index (χ4v) is 1.66. The first-order valence-corrected chi connectivity index (χ1v) is 5.68. The SMILES string of the molecule is COc1ccccc1COc1ccc(C)nc1N. The Hall–Kier alpha value is -2.23. The minimum Gasteiger partial charge on any atom is -0.496 e. The Balaban J connectivity index is 2.11. The lowest BCUT2D eigenvalue weighted by molar-refractivity contribution is 0.297. The fraction of sp³-hybridized carbons (Fsp3) is 0.214. The van der Waals surface area contributed by atoms with Crippen LogP contribution in [0.3, 0.4) is 0 Å². The van der Waals surface area contributed by atoms with Crippen molar-refractivity contribution >= 4 is 5.82 Å². The molecule has 0 unspecified atom stereocenters. The molecule has 0 aliphatic rings. The largest absolute Gasteiger partial charge is 0.496 e. The summed E-state index contributed by atoms with van der Waals surface area (Å²) >= 11 is 0. The van der Waals surface area contributed by atoms with Crippen molar-refractivity contribution in [2.45, 2.75) is 13.5 Å². The van der Waals surface area contributed by atoms with Crippen LogP contribution in [-0.4, -0.2) is 12.1 Å². The van der Waals surface area contributed by atoms with Crippen LogP contribution < -0.4 is 15.2 Å².